The molecule has 1 heterocycles. The smallest absolute Gasteiger partial charge is 0.328 e. The summed E-state index contributed by atoms with van der Waals surface area (Å²) in [6.45, 7) is 5.12. The molecule has 33 heavy (non-hydrogen) atoms. The van der Waals surface area contributed by atoms with Gasteiger partial charge in [-0.25, -0.2) is 4.79 Å². The molecule has 2 aromatic carbocycles. The van der Waals surface area contributed by atoms with Gasteiger partial charge in [0.05, 0.1) is 4.92 Å². The van der Waals surface area contributed by atoms with Gasteiger partial charge in [0.1, 0.15) is 23.2 Å². The van der Waals surface area contributed by atoms with Crippen molar-refractivity contribution in [2.75, 3.05) is 0 Å². The molecule has 2 atom stereocenters. The highest BCUT2D eigenvalue weighted by Crippen LogP contribution is 2.59. The van der Waals surface area contributed by atoms with Gasteiger partial charge in [0.25, 0.3) is 5.69 Å². The first kappa shape index (κ1) is 22.5. The average molecular weight is 451 g/mol. The lowest BCUT2D eigenvalue weighted by atomic mass is 9.90. The molecule has 0 saturated heterocycles. The lowest BCUT2D eigenvalue weighted by molar-refractivity contribution is -0.384. The predicted octanol–water partition coefficient (Wildman–Crippen LogP) is 3.50. The maximum atomic E-state index is 13.4. The number of ether oxygens (including phenoxy) is 2. The zero-order valence-corrected chi connectivity index (χ0v) is 18.6. The molecule has 0 amide bonds. The number of aromatic amines is 1. The minimum absolute atomic E-state index is 0.0376. The van der Waals surface area contributed by atoms with Gasteiger partial charge in [0.2, 0.25) is 0 Å². The predicted molar refractivity (Wildman–Crippen MR) is 120 cm³/mol. The van der Waals surface area contributed by atoms with Crippen LogP contribution in [0.1, 0.15) is 38.3 Å². The number of hydrogen-bond acceptors (Lipinski definition) is 7. The van der Waals surface area contributed by atoms with Crippen molar-refractivity contribution in [1.82, 2.24) is 4.98 Å². The highest BCUT2D eigenvalue weighted by Gasteiger charge is 2.78. The molecule has 4 rings (SSSR count). The van der Waals surface area contributed by atoms with E-state index in [1.165, 1.54) is 24.3 Å². The minimum Gasteiger partial charge on any atom is -0.459 e. The first-order chi connectivity index (χ1) is 15.5. The van der Waals surface area contributed by atoms with Gasteiger partial charge in [-0.1, -0.05) is 18.2 Å². The Hall–Kier alpha value is -3.72. The number of nitrogens with zero attached hydrogens (tertiary/aromatic N) is 1. The fourth-order valence-electron chi connectivity index (χ4n) is 4.10. The number of hydrogen-bond donors (Lipinski definition) is 2. The van der Waals surface area contributed by atoms with Gasteiger partial charge in [0.15, 0.2) is 0 Å². The summed E-state index contributed by atoms with van der Waals surface area (Å²) >= 11 is 0. The Kier molecular flexibility index (Phi) is 5.24. The van der Waals surface area contributed by atoms with Gasteiger partial charge < -0.3 is 20.2 Å². The topological polar surface area (TPSA) is 138 Å². The summed E-state index contributed by atoms with van der Waals surface area (Å²) < 4.78 is 11.1. The lowest BCUT2D eigenvalue weighted by Crippen LogP contribution is -2.47. The molecule has 9 nitrogen and oxygen atoms in total. The van der Waals surface area contributed by atoms with Crippen LogP contribution in [-0.2, 0) is 31.1 Å². The highest BCUT2D eigenvalue weighted by molar-refractivity contribution is 6.06. The van der Waals surface area contributed by atoms with Crippen LogP contribution >= 0.6 is 0 Å². The molecule has 3 N–H and O–H groups in total. The van der Waals surface area contributed by atoms with Gasteiger partial charge in [-0.05, 0) is 50.1 Å². The van der Waals surface area contributed by atoms with E-state index in [0.29, 0.717) is 11.1 Å². The molecule has 3 aromatic rings. The molecule has 1 fully saturated rings. The van der Waals surface area contributed by atoms with E-state index in [9.17, 15) is 19.7 Å². The Balaban J connectivity index is 1.63. The highest BCUT2D eigenvalue weighted by atomic mass is 16.6. The van der Waals surface area contributed by atoms with Crippen molar-refractivity contribution in [2.45, 2.75) is 50.4 Å². The van der Waals surface area contributed by atoms with E-state index in [4.69, 9.17) is 15.2 Å². The molecule has 9 heteroatoms. The number of para-hydroxylation sites is 1. The maximum absolute atomic E-state index is 13.4. The molecule has 1 aromatic heterocycles. The fourth-order valence-corrected chi connectivity index (χ4v) is 4.10. The Labute approximate surface area is 190 Å². The number of carbonyl (C=O) groups excluding carboxylic acids is 2. The summed E-state index contributed by atoms with van der Waals surface area (Å²) in [6, 6.07) is 13.1. The summed E-state index contributed by atoms with van der Waals surface area (Å²) in [5.41, 5.74) is 4.63. The number of esters is 2. The van der Waals surface area contributed by atoms with Crippen LogP contribution in [0.4, 0.5) is 5.69 Å². The van der Waals surface area contributed by atoms with Gasteiger partial charge in [0, 0.05) is 35.7 Å². The second kappa shape index (κ2) is 7.70. The molecule has 1 saturated carbocycles. The third kappa shape index (κ3) is 3.84. The van der Waals surface area contributed by atoms with Crippen LogP contribution in [0.15, 0.2) is 54.7 Å². The first-order valence-corrected chi connectivity index (χ1v) is 10.5. The number of nitrogens with two attached hydrogens (primary N) is 1. The number of rotatable bonds is 6. The van der Waals surface area contributed by atoms with Crippen molar-refractivity contribution in [3.63, 3.8) is 0 Å². The first-order valence-electron chi connectivity index (χ1n) is 10.5. The largest absolute Gasteiger partial charge is 0.459 e. The third-order valence-corrected chi connectivity index (χ3v) is 5.86. The summed E-state index contributed by atoms with van der Waals surface area (Å²) in [7, 11) is 0. The molecular weight excluding hydrogens is 426 g/mol. The van der Waals surface area contributed by atoms with E-state index in [1.807, 2.05) is 24.3 Å². The Morgan fingerprint density at radius 3 is 2.42 bits per heavy atom. The molecular formula is C24H25N3O6. The molecule has 2 unspecified atom stereocenters. The van der Waals surface area contributed by atoms with Crippen molar-refractivity contribution in [1.29, 1.82) is 0 Å². The van der Waals surface area contributed by atoms with Gasteiger partial charge >= 0.3 is 11.9 Å². The van der Waals surface area contributed by atoms with Crippen molar-refractivity contribution in [2.24, 2.45) is 5.73 Å². The number of fused-ring (bicyclic) bond motifs is 1. The standard InChI is InChI=1S/C24H25N3O6/c1-22(2,3)33-20(28)23(18-12-26-19-7-5-4-6-17(18)19)14-24(23,25)21(29)32-13-15-8-10-16(11-9-15)27(30)31/h4-12,26H,13-14,25H2,1-3H3. The third-order valence-electron chi connectivity index (χ3n) is 5.86. The molecule has 172 valence electrons. The van der Waals surface area contributed by atoms with Crippen LogP contribution < -0.4 is 5.73 Å². The summed E-state index contributed by atoms with van der Waals surface area (Å²) in [5, 5.41) is 11.6. The second-order valence-corrected chi connectivity index (χ2v) is 9.30. The normalized spacial score (nSPS) is 22.1. The van der Waals surface area contributed by atoms with Crippen molar-refractivity contribution < 1.29 is 24.0 Å². The SMILES string of the molecule is CC(C)(C)OC(=O)C1(c2c[nH]c3ccccc23)CC1(N)C(=O)OCc1ccc([N+](=O)[O-])cc1. The van der Waals surface area contributed by atoms with E-state index < -0.39 is 33.4 Å². The number of nitro groups is 1. The van der Waals surface area contributed by atoms with Crippen molar-refractivity contribution in [3.8, 4) is 0 Å². The van der Waals surface area contributed by atoms with Crippen LogP contribution in [-0.4, -0.2) is 33.0 Å². The van der Waals surface area contributed by atoms with Crippen LogP contribution in [0.3, 0.4) is 0 Å². The second-order valence-electron chi connectivity index (χ2n) is 9.30. The minimum atomic E-state index is -1.61. The number of nitrogens with one attached hydrogen (secondary N) is 1. The lowest BCUT2D eigenvalue weighted by Gasteiger charge is -2.26. The van der Waals surface area contributed by atoms with E-state index >= 15 is 0 Å². The summed E-state index contributed by atoms with van der Waals surface area (Å²) in [4.78, 5) is 39.9. The molecule has 0 bridgehead atoms. The maximum Gasteiger partial charge on any atom is 0.328 e. The van der Waals surface area contributed by atoms with Crippen LogP contribution in [0, 0.1) is 10.1 Å². The number of non-ortho nitro benzene ring substituents is 1. The zero-order chi connectivity index (χ0) is 24.0. The van der Waals surface area contributed by atoms with Crippen LogP contribution in [0.25, 0.3) is 10.9 Å². The number of aromatic nitrogens is 1. The van der Waals surface area contributed by atoms with Crippen LogP contribution in [0.2, 0.25) is 0 Å². The number of H-pyrrole nitrogens is 1. The van der Waals surface area contributed by atoms with E-state index in [2.05, 4.69) is 4.98 Å². The Bertz CT molecular complexity index is 1240. The van der Waals surface area contributed by atoms with Crippen LogP contribution in [0.5, 0.6) is 0 Å². The molecule has 0 spiro atoms. The Morgan fingerprint density at radius 1 is 1.12 bits per heavy atom. The number of benzene rings is 2. The molecule has 0 aliphatic heterocycles. The zero-order valence-electron chi connectivity index (χ0n) is 18.6. The monoisotopic (exact) mass is 451 g/mol. The molecule has 1 aliphatic rings. The number of carbonyl (C=O) groups is 2. The van der Waals surface area contributed by atoms with E-state index in [1.54, 1.807) is 27.0 Å². The molecule has 0 radical (unpaired) electrons. The van der Waals surface area contributed by atoms with E-state index in [-0.39, 0.29) is 18.7 Å². The van der Waals surface area contributed by atoms with Gasteiger partial charge in [-0.3, -0.25) is 14.9 Å². The Morgan fingerprint density at radius 2 is 1.79 bits per heavy atom. The molecule has 1 aliphatic carbocycles. The van der Waals surface area contributed by atoms with Crippen molar-refractivity contribution >= 4 is 28.5 Å². The van der Waals surface area contributed by atoms with E-state index in [0.717, 1.165) is 10.9 Å². The van der Waals surface area contributed by atoms with Crippen molar-refractivity contribution in [3.05, 3.63) is 76.0 Å². The summed E-state index contributed by atoms with van der Waals surface area (Å²) in [5.74, 6) is -1.33. The van der Waals surface area contributed by atoms with Gasteiger partial charge in [-0.2, -0.15) is 0 Å². The quantitative estimate of drug-likeness (QED) is 0.332. The fraction of sp³-hybridized carbons (Fsp3) is 0.333. The summed E-state index contributed by atoms with van der Waals surface area (Å²) in [6.07, 6.45) is 1.72. The average Bonchev–Trinajstić information content (AvgIpc) is 3.19. The van der Waals surface area contributed by atoms with Gasteiger partial charge in [-0.15, -0.1) is 0 Å². The number of nitro benzene ring substituents is 1.